The predicted molar refractivity (Wildman–Crippen MR) is 131 cm³/mol. The molecule has 19 nitrogen and oxygen atoms in total. The zero-order chi connectivity index (χ0) is 31.9. The number of aliphatic hydroxyl groups excluding tert-OH is 12. The average Bonchev–Trinajstić information content (AvgIpc) is 2.98. The van der Waals surface area contributed by atoms with Gasteiger partial charge in [-0.25, -0.2) is 0 Å². The molecular weight excluding hydrogens is 592 g/mol. The fourth-order valence-electron chi connectivity index (χ4n) is 5.41. The second kappa shape index (κ2) is 14.3. The van der Waals surface area contributed by atoms with E-state index in [9.17, 15) is 61.3 Å². The first kappa shape index (κ1) is 35.1. The first-order chi connectivity index (χ1) is 20.2. The zero-order valence-corrected chi connectivity index (χ0v) is 23.2. The fourth-order valence-corrected chi connectivity index (χ4v) is 5.41. The third kappa shape index (κ3) is 7.00. The molecule has 4 aliphatic heterocycles. The summed E-state index contributed by atoms with van der Waals surface area (Å²) < 4.78 is 38.3. The van der Waals surface area contributed by atoms with E-state index in [-0.39, 0.29) is 0 Å². The van der Waals surface area contributed by atoms with E-state index in [1.54, 1.807) is 0 Å². The van der Waals surface area contributed by atoms with E-state index in [1.807, 2.05) is 0 Å². The van der Waals surface area contributed by atoms with Gasteiger partial charge in [0.15, 0.2) is 25.2 Å². The molecule has 0 bridgehead atoms. The molecular formula is C24H42O19. The summed E-state index contributed by atoms with van der Waals surface area (Å²) in [7, 11) is 0. The molecule has 0 saturated carbocycles. The molecule has 4 fully saturated rings. The summed E-state index contributed by atoms with van der Waals surface area (Å²) in [5.41, 5.74) is 0. The Kier molecular flexibility index (Phi) is 11.7. The van der Waals surface area contributed by atoms with Crippen molar-refractivity contribution in [1.82, 2.24) is 0 Å². The summed E-state index contributed by atoms with van der Waals surface area (Å²) in [6.45, 7) is 1.07. The summed E-state index contributed by atoms with van der Waals surface area (Å²) in [6, 6.07) is 0. The quantitative estimate of drug-likeness (QED) is 0.118. The van der Waals surface area contributed by atoms with Crippen LogP contribution >= 0.6 is 0 Å². The smallest absolute Gasteiger partial charge is 0.187 e. The third-order valence-electron chi connectivity index (χ3n) is 8.13. The van der Waals surface area contributed by atoms with Crippen molar-refractivity contribution >= 4 is 0 Å². The summed E-state index contributed by atoms with van der Waals surface area (Å²) in [6.07, 6.45) is -32.9. The second-order valence-corrected chi connectivity index (χ2v) is 11.1. The minimum absolute atomic E-state index is 0.818. The summed E-state index contributed by atoms with van der Waals surface area (Å²) >= 11 is 0. The van der Waals surface area contributed by atoms with Gasteiger partial charge in [0.25, 0.3) is 0 Å². The molecule has 4 aliphatic rings. The molecule has 12 N–H and O–H groups in total. The molecule has 4 heterocycles. The van der Waals surface area contributed by atoms with Crippen molar-refractivity contribution < 1.29 is 94.4 Å². The number of rotatable bonds is 8. The molecule has 4 saturated heterocycles. The van der Waals surface area contributed by atoms with E-state index in [4.69, 9.17) is 33.2 Å². The Morgan fingerprint density at radius 1 is 0.419 bits per heavy atom. The molecule has 4 rings (SSSR count). The topological polar surface area (TPSA) is 307 Å². The van der Waals surface area contributed by atoms with Crippen molar-refractivity contribution in [3.05, 3.63) is 0 Å². The Hall–Kier alpha value is -0.760. The fraction of sp³-hybridized carbons (Fsp3) is 1.00. The maximum Gasteiger partial charge on any atom is 0.187 e. The lowest BCUT2D eigenvalue weighted by Crippen LogP contribution is -2.67. The zero-order valence-electron chi connectivity index (χ0n) is 23.2. The van der Waals surface area contributed by atoms with Crippen molar-refractivity contribution in [2.75, 3.05) is 13.2 Å². The lowest BCUT2D eigenvalue weighted by Gasteiger charge is -2.49. The van der Waals surface area contributed by atoms with Gasteiger partial charge in [-0.15, -0.1) is 0 Å². The molecule has 0 amide bonds. The van der Waals surface area contributed by atoms with Gasteiger partial charge in [-0.05, 0) is 13.8 Å². The number of hydrogen-bond acceptors (Lipinski definition) is 19. The van der Waals surface area contributed by atoms with Gasteiger partial charge in [-0.1, -0.05) is 0 Å². The standard InChI is InChI=1S/C24H42O19/c1-5-9(27)12(30)15(33)22(38-5)43-20-13(31)11(29)7(3-25)39-24(20)41-18-8(4-26)40-23(16(34)14(18)32)42-19-10(28)6(2)37-21(36)17(19)35/h5-36H,3-4H2,1-2H3/t5-,6-,7+,8+,9+,10+,11-,12+,13-,14+,15-,16+,17-,18+,19+,20+,21+,22-,23+,24-/m0/s1. The average molecular weight is 635 g/mol. The molecule has 252 valence electrons. The first-order valence-electron chi connectivity index (χ1n) is 13.8. The van der Waals surface area contributed by atoms with Gasteiger partial charge in [0.1, 0.15) is 85.5 Å². The number of aliphatic hydroxyl groups is 12. The Morgan fingerprint density at radius 3 is 1.53 bits per heavy atom. The molecule has 0 spiro atoms. The van der Waals surface area contributed by atoms with Crippen LogP contribution in [0.5, 0.6) is 0 Å². The van der Waals surface area contributed by atoms with Crippen LogP contribution in [0.1, 0.15) is 13.8 Å². The van der Waals surface area contributed by atoms with Crippen LogP contribution in [0, 0.1) is 0 Å². The SMILES string of the molecule is C[C@@H]1O[C@@H](O[C@H]2[C@H](O[C@H]3[C@H](O)[C@@H](O)[C@@H](O[C@@H]4[C@H](O)[C@H](C)O[C@@H](O)[C@H]4O)O[C@@H]3CO)O[C@H](CO)[C@H](O)[C@@H]2O)[C@@H](O)[C@H](O)[C@@H]1O. The van der Waals surface area contributed by atoms with E-state index in [2.05, 4.69) is 0 Å². The maximum atomic E-state index is 11.0. The molecule has 43 heavy (non-hydrogen) atoms. The maximum absolute atomic E-state index is 11.0. The van der Waals surface area contributed by atoms with E-state index in [0.717, 1.165) is 0 Å². The molecule has 19 heteroatoms. The normalized spacial score (nSPS) is 54.8. The van der Waals surface area contributed by atoms with Gasteiger partial charge in [0, 0.05) is 0 Å². The largest absolute Gasteiger partial charge is 0.394 e. The Morgan fingerprint density at radius 2 is 0.907 bits per heavy atom. The highest BCUT2D eigenvalue weighted by molar-refractivity contribution is 4.97. The van der Waals surface area contributed by atoms with Crippen molar-refractivity contribution in [2.45, 2.75) is 137 Å². The monoisotopic (exact) mass is 634 g/mol. The summed E-state index contributed by atoms with van der Waals surface area (Å²) in [4.78, 5) is 0. The Labute approximate surface area is 244 Å². The van der Waals surface area contributed by atoms with E-state index in [1.165, 1.54) is 13.8 Å². The van der Waals surface area contributed by atoms with Crippen LogP contribution in [-0.4, -0.2) is 197 Å². The van der Waals surface area contributed by atoms with Gasteiger partial charge in [0.05, 0.1) is 25.4 Å². The highest BCUT2D eigenvalue weighted by Crippen LogP contribution is 2.34. The van der Waals surface area contributed by atoms with Crippen molar-refractivity contribution in [3.8, 4) is 0 Å². The van der Waals surface area contributed by atoms with E-state index >= 15 is 0 Å². The molecule has 0 radical (unpaired) electrons. The molecule has 0 aromatic rings. The highest BCUT2D eigenvalue weighted by Gasteiger charge is 2.55. The predicted octanol–water partition coefficient (Wildman–Crippen LogP) is -7.69. The van der Waals surface area contributed by atoms with Crippen LogP contribution in [0.25, 0.3) is 0 Å². The van der Waals surface area contributed by atoms with Crippen LogP contribution in [0.2, 0.25) is 0 Å². The molecule has 0 unspecified atom stereocenters. The highest BCUT2D eigenvalue weighted by atomic mass is 16.8. The molecule has 0 aromatic carbocycles. The summed E-state index contributed by atoms with van der Waals surface area (Å²) in [5.74, 6) is 0. The van der Waals surface area contributed by atoms with Gasteiger partial charge in [-0.3, -0.25) is 0 Å². The van der Waals surface area contributed by atoms with Crippen molar-refractivity contribution in [1.29, 1.82) is 0 Å². The van der Waals surface area contributed by atoms with Crippen molar-refractivity contribution in [2.24, 2.45) is 0 Å². The second-order valence-electron chi connectivity index (χ2n) is 11.1. The first-order valence-corrected chi connectivity index (χ1v) is 13.8. The van der Waals surface area contributed by atoms with Crippen LogP contribution in [0.3, 0.4) is 0 Å². The molecule has 0 aliphatic carbocycles. The van der Waals surface area contributed by atoms with Crippen molar-refractivity contribution in [3.63, 3.8) is 0 Å². The van der Waals surface area contributed by atoms with E-state index < -0.39 is 136 Å². The van der Waals surface area contributed by atoms with Crippen LogP contribution in [0.4, 0.5) is 0 Å². The minimum atomic E-state index is -1.96. The number of hydrogen-bond donors (Lipinski definition) is 12. The van der Waals surface area contributed by atoms with Gasteiger partial charge >= 0.3 is 0 Å². The summed E-state index contributed by atoms with van der Waals surface area (Å²) in [5, 5.41) is 124. The molecule has 20 atom stereocenters. The lowest BCUT2D eigenvalue weighted by atomic mass is 9.96. The van der Waals surface area contributed by atoms with Gasteiger partial charge < -0.3 is 94.4 Å². The minimum Gasteiger partial charge on any atom is -0.394 e. The van der Waals surface area contributed by atoms with Crippen LogP contribution in [0.15, 0.2) is 0 Å². The molecule has 0 aromatic heterocycles. The Balaban J connectivity index is 1.52. The van der Waals surface area contributed by atoms with Gasteiger partial charge in [-0.2, -0.15) is 0 Å². The van der Waals surface area contributed by atoms with Crippen LogP contribution in [-0.2, 0) is 33.2 Å². The lowest BCUT2D eigenvalue weighted by molar-refractivity contribution is -0.393. The van der Waals surface area contributed by atoms with E-state index in [0.29, 0.717) is 0 Å². The third-order valence-corrected chi connectivity index (χ3v) is 8.13. The number of ether oxygens (including phenoxy) is 7. The van der Waals surface area contributed by atoms with Gasteiger partial charge in [0.2, 0.25) is 0 Å². The van der Waals surface area contributed by atoms with Crippen LogP contribution < -0.4 is 0 Å². The Bertz CT molecular complexity index is 870.